The normalized spacial score (nSPS) is 11.7. The van der Waals surface area contributed by atoms with Crippen LogP contribution in [0.25, 0.3) is 5.65 Å². The van der Waals surface area contributed by atoms with Gasteiger partial charge in [-0.05, 0) is 30.7 Å². The van der Waals surface area contributed by atoms with Gasteiger partial charge < -0.3 is 10.1 Å². The summed E-state index contributed by atoms with van der Waals surface area (Å²) in [5, 5.41) is 15.9. The molecule has 2 N–H and O–H groups in total. The topological polar surface area (TPSA) is 111 Å². The van der Waals surface area contributed by atoms with Crippen molar-refractivity contribution in [2.24, 2.45) is 0 Å². The van der Waals surface area contributed by atoms with Crippen molar-refractivity contribution >= 4 is 21.5 Å². The van der Waals surface area contributed by atoms with Gasteiger partial charge in [-0.3, -0.25) is 0 Å². The molecule has 0 amide bonds. The molecule has 0 bridgehead atoms. The molecule has 27 heavy (non-hydrogen) atoms. The molecule has 0 spiro atoms. The predicted molar refractivity (Wildman–Crippen MR) is 101 cm³/mol. The summed E-state index contributed by atoms with van der Waals surface area (Å²) in [5.74, 6) is 1.28. The van der Waals surface area contributed by atoms with E-state index in [0.29, 0.717) is 30.3 Å². The number of nitrogens with zero attached hydrogens (tertiary/aromatic N) is 4. The summed E-state index contributed by atoms with van der Waals surface area (Å²) in [7, 11) is -1.88. The molecule has 3 aromatic rings. The molecular formula is C17H22N6O3S. The van der Waals surface area contributed by atoms with Gasteiger partial charge in [-0.15, -0.1) is 15.3 Å². The highest BCUT2D eigenvalue weighted by Gasteiger charge is 2.14. The van der Waals surface area contributed by atoms with Crippen molar-refractivity contribution in [2.45, 2.75) is 17.7 Å². The molecule has 0 atom stereocenters. The molecule has 144 valence electrons. The summed E-state index contributed by atoms with van der Waals surface area (Å²) in [4.78, 5) is 0.233. The molecular weight excluding hydrogens is 368 g/mol. The first kappa shape index (κ1) is 19.2. The Balaban J connectivity index is 1.63. The van der Waals surface area contributed by atoms with E-state index in [0.717, 1.165) is 13.0 Å². The minimum absolute atomic E-state index is 0.200. The van der Waals surface area contributed by atoms with Gasteiger partial charge in [0.2, 0.25) is 10.0 Å². The Morgan fingerprint density at radius 3 is 2.67 bits per heavy atom. The second kappa shape index (κ2) is 8.89. The van der Waals surface area contributed by atoms with E-state index in [4.69, 9.17) is 4.74 Å². The Kier molecular flexibility index (Phi) is 6.32. The van der Waals surface area contributed by atoms with Gasteiger partial charge >= 0.3 is 0 Å². The van der Waals surface area contributed by atoms with Crippen molar-refractivity contribution in [2.75, 3.05) is 32.1 Å². The van der Waals surface area contributed by atoms with Crippen molar-refractivity contribution in [3.8, 4) is 0 Å². The number of nitrogens with one attached hydrogen (secondary N) is 2. The maximum absolute atomic E-state index is 12.3. The standard InChI is InChI=1S/C17H22N6O3S/c1-26-13-5-11-18-15-8-9-16-20-21-17(23(16)22-15)10-12-19-27(24,25)14-6-3-2-4-7-14/h2-4,6-9,19H,5,10-13H2,1H3,(H,18,22). The molecule has 0 saturated heterocycles. The second-order valence-corrected chi connectivity index (χ2v) is 7.61. The van der Waals surface area contributed by atoms with Crippen molar-refractivity contribution in [3.63, 3.8) is 0 Å². The van der Waals surface area contributed by atoms with Crippen molar-refractivity contribution < 1.29 is 13.2 Å². The highest BCUT2D eigenvalue weighted by Crippen LogP contribution is 2.09. The lowest BCUT2D eigenvalue weighted by Gasteiger charge is -2.07. The van der Waals surface area contributed by atoms with E-state index < -0.39 is 10.0 Å². The van der Waals surface area contributed by atoms with Crippen LogP contribution in [0.15, 0.2) is 47.4 Å². The molecule has 0 saturated carbocycles. The van der Waals surface area contributed by atoms with Gasteiger partial charge in [0.25, 0.3) is 0 Å². The summed E-state index contributed by atoms with van der Waals surface area (Å²) >= 11 is 0. The first-order valence-corrected chi connectivity index (χ1v) is 10.1. The summed E-state index contributed by atoms with van der Waals surface area (Å²) in [6, 6.07) is 11.9. The Morgan fingerprint density at radius 2 is 1.89 bits per heavy atom. The molecule has 2 aromatic heterocycles. The lowest BCUT2D eigenvalue weighted by Crippen LogP contribution is -2.26. The van der Waals surface area contributed by atoms with Crippen LogP contribution in [0.4, 0.5) is 5.82 Å². The Labute approximate surface area is 157 Å². The molecule has 0 aliphatic rings. The van der Waals surface area contributed by atoms with Crippen LogP contribution < -0.4 is 10.0 Å². The quantitative estimate of drug-likeness (QED) is 0.499. The largest absolute Gasteiger partial charge is 0.385 e. The monoisotopic (exact) mass is 390 g/mol. The first-order chi connectivity index (χ1) is 13.1. The smallest absolute Gasteiger partial charge is 0.240 e. The fourth-order valence-electron chi connectivity index (χ4n) is 2.50. The van der Waals surface area contributed by atoms with E-state index in [1.165, 1.54) is 0 Å². The average Bonchev–Trinajstić information content (AvgIpc) is 3.08. The highest BCUT2D eigenvalue weighted by atomic mass is 32.2. The van der Waals surface area contributed by atoms with E-state index in [1.54, 1.807) is 42.0 Å². The van der Waals surface area contributed by atoms with Crippen LogP contribution in [-0.2, 0) is 21.2 Å². The van der Waals surface area contributed by atoms with Gasteiger partial charge in [0.1, 0.15) is 5.82 Å². The number of fused-ring (bicyclic) bond motifs is 1. The molecule has 9 nitrogen and oxygen atoms in total. The molecule has 0 aliphatic carbocycles. The van der Waals surface area contributed by atoms with Crippen LogP contribution >= 0.6 is 0 Å². The van der Waals surface area contributed by atoms with Gasteiger partial charge in [0.15, 0.2) is 11.5 Å². The lowest BCUT2D eigenvalue weighted by molar-refractivity contribution is 0.197. The second-order valence-electron chi connectivity index (χ2n) is 5.84. The van der Waals surface area contributed by atoms with Crippen molar-refractivity contribution in [3.05, 3.63) is 48.3 Å². The Bertz CT molecular complexity index is 975. The van der Waals surface area contributed by atoms with Crippen molar-refractivity contribution in [1.29, 1.82) is 0 Å². The highest BCUT2D eigenvalue weighted by molar-refractivity contribution is 7.89. The van der Waals surface area contributed by atoms with Crippen LogP contribution in [-0.4, -0.2) is 55.0 Å². The van der Waals surface area contributed by atoms with Gasteiger partial charge in [-0.2, -0.15) is 4.52 Å². The SMILES string of the molecule is COCCCNc1ccc2nnc(CCNS(=O)(=O)c3ccccc3)n2n1. The third-order valence-corrected chi connectivity index (χ3v) is 5.33. The average molecular weight is 390 g/mol. The molecule has 2 heterocycles. The number of anilines is 1. The molecule has 0 unspecified atom stereocenters. The van der Waals surface area contributed by atoms with E-state index in [1.807, 2.05) is 12.1 Å². The van der Waals surface area contributed by atoms with Gasteiger partial charge in [0.05, 0.1) is 4.90 Å². The fourth-order valence-corrected chi connectivity index (χ4v) is 3.55. The van der Waals surface area contributed by atoms with Crippen LogP contribution in [0.3, 0.4) is 0 Å². The number of aromatic nitrogens is 4. The van der Waals surface area contributed by atoms with E-state index in [9.17, 15) is 8.42 Å². The molecule has 3 rings (SSSR count). The number of benzene rings is 1. The number of hydrogen-bond acceptors (Lipinski definition) is 7. The van der Waals surface area contributed by atoms with E-state index >= 15 is 0 Å². The maximum Gasteiger partial charge on any atom is 0.240 e. The molecule has 10 heteroatoms. The van der Waals surface area contributed by atoms with E-state index in [-0.39, 0.29) is 11.4 Å². The Hall–Kier alpha value is -2.56. The van der Waals surface area contributed by atoms with Crippen LogP contribution in [0.2, 0.25) is 0 Å². The molecule has 0 radical (unpaired) electrons. The zero-order valence-corrected chi connectivity index (χ0v) is 15.8. The zero-order valence-electron chi connectivity index (χ0n) is 15.0. The summed E-state index contributed by atoms with van der Waals surface area (Å²) in [6.45, 7) is 1.61. The molecule has 1 aromatic carbocycles. The third kappa shape index (κ3) is 5.00. The summed E-state index contributed by atoms with van der Waals surface area (Å²) < 4.78 is 33.7. The minimum Gasteiger partial charge on any atom is -0.385 e. The van der Waals surface area contributed by atoms with Gasteiger partial charge in [-0.25, -0.2) is 13.1 Å². The van der Waals surface area contributed by atoms with E-state index in [2.05, 4.69) is 25.3 Å². The number of rotatable bonds is 10. The van der Waals surface area contributed by atoms with Gasteiger partial charge in [-0.1, -0.05) is 18.2 Å². The number of methoxy groups -OCH3 is 1. The summed E-state index contributed by atoms with van der Waals surface area (Å²) in [6.07, 6.45) is 1.24. The molecule has 0 fully saturated rings. The maximum atomic E-state index is 12.3. The Morgan fingerprint density at radius 1 is 1.07 bits per heavy atom. The van der Waals surface area contributed by atoms with Crippen LogP contribution in [0.5, 0.6) is 0 Å². The lowest BCUT2D eigenvalue weighted by atomic mass is 10.4. The van der Waals surface area contributed by atoms with Crippen LogP contribution in [0, 0.1) is 0 Å². The third-order valence-electron chi connectivity index (χ3n) is 3.85. The zero-order chi connectivity index (χ0) is 19.1. The van der Waals surface area contributed by atoms with Crippen LogP contribution in [0.1, 0.15) is 12.2 Å². The number of hydrogen-bond donors (Lipinski definition) is 2. The summed E-state index contributed by atoms with van der Waals surface area (Å²) in [5.41, 5.74) is 0.610. The van der Waals surface area contributed by atoms with Crippen molar-refractivity contribution in [1.82, 2.24) is 24.5 Å². The first-order valence-electron chi connectivity index (χ1n) is 8.59. The number of sulfonamides is 1. The van der Waals surface area contributed by atoms with Gasteiger partial charge in [0, 0.05) is 33.2 Å². The fraction of sp³-hybridized carbons (Fsp3) is 0.353. The minimum atomic E-state index is -3.54. The predicted octanol–water partition coefficient (Wildman–Crippen LogP) is 1.09. The number of ether oxygens (including phenoxy) is 1. The molecule has 0 aliphatic heterocycles.